The summed E-state index contributed by atoms with van der Waals surface area (Å²) >= 11 is 0. The number of amides is 1. The molecule has 1 N–H and O–H groups in total. The number of hydrogen-bond donors (Lipinski definition) is 1. The second-order valence-electron chi connectivity index (χ2n) is 4.97. The molecule has 0 spiro atoms. The van der Waals surface area contributed by atoms with Gasteiger partial charge in [0, 0.05) is 12.6 Å². The van der Waals surface area contributed by atoms with Crippen molar-refractivity contribution in [3.8, 4) is 0 Å². The zero-order valence-corrected chi connectivity index (χ0v) is 11.2. The number of nitrogens with zero attached hydrogens (tertiary/aromatic N) is 2. The summed E-state index contributed by atoms with van der Waals surface area (Å²) < 4.78 is 13.8. The number of rotatable bonds is 3. The van der Waals surface area contributed by atoms with E-state index < -0.39 is 34.3 Å². The van der Waals surface area contributed by atoms with Crippen LogP contribution in [0.3, 0.4) is 0 Å². The van der Waals surface area contributed by atoms with Gasteiger partial charge < -0.3 is 10.0 Å². The number of carbonyl (C=O) groups excluding carboxylic acids is 1. The molecule has 2 rings (SSSR count). The Balaban J connectivity index is 2.32. The number of carboxylic acid groups (broad SMARTS) is 1. The predicted octanol–water partition coefficient (Wildman–Crippen LogP) is 1.67. The van der Waals surface area contributed by atoms with Crippen molar-refractivity contribution in [2.75, 3.05) is 6.54 Å². The smallest absolute Gasteiger partial charge is 0.326 e. The van der Waals surface area contributed by atoms with E-state index in [1.807, 2.05) is 0 Å². The number of carbonyl (C=O) groups is 2. The fraction of sp³-hybridized carbons (Fsp3) is 0.385. The molecule has 1 aromatic carbocycles. The lowest BCUT2D eigenvalue weighted by Crippen LogP contribution is -2.43. The molecule has 0 bridgehead atoms. The third-order valence-corrected chi connectivity index (χ3v) is 3.61. The van der Waals surface area contributed by atoms with Gasteiger partial charge in [0.25, 0.3) is 11.6 Å². The van der Waals surface area contributed by atoms with Crippen LogP contribution in [0.2, 0.25) is 0 Å². The first-order valence-corrected chi connectivity index (χ1v) is 6.30. The minimum atomic E-state index is -1.14. The zero-order valence-electron chi connectivity index (χ0n) is 11.2. The molecule has 112 valence electrons. The average molecular weight is 296 g/mol. The first kappa shape index (κ1) is 14.9. The lowest BCUT2D eigenvalue weighted by atomic mass is 10.0. The van der Waals surface area contributed by atoms with Crippen LogP contribution in [-0.4, -0.2) is 39.4 Å². The van der Waals surface area contributed by atoms with Gasteiger partial charge in [-0.1, -0.05) is 6.92 Å². The standard InChI is InChI=1S/C13H13FN2O5/c1-7-4-5-15(11(7)13(18)19)12(17)9-3-2-8(16(20)21)6-10(9)14/h2-3,6-7,11H,4-5H2,1H3,(H,18,19). The molecule has 1 fully saturated rings. The van der Waals surface area contributed by atoms with E-state index in [1.54, 1.807) is 6.92 Å². The molecule has 0 aliphatic carbocycles. The number of non-ortho nitro benzene ring substituents is 1. The van der Waals surface area contributed by atoms with Gasteiger partial charge in [0.05, 0.1) is 16.6 Å². The molecular formula is C13H13FN2O5. The molecule has 0 radical (unpaired) electrons. The first-order chi connectivity index (χ1) is 9.82. The van der Waals surface area contributed by atoms with Gasteiger partial charge in [0.1, 0.15) is 11.9 Å². The van der Waals surface area contributed by atoms with Gasteiger partial charge in [-0.15, -0.1) is 0 Å². The topological polar surface area (TPSA) is 101 Å². The molecule has 1 aliphatic heterocycles. The van der Waals surface area contributed by atoms with Crippen LogP contribution in [0.1, 0.15) is 23.7 Å². The molecule has 21 heavy (non-hydrogen) atoms. The number of halogens is 1. The molecule has 1 heterocycles. The number of nitro groups is 1. The van der Waals surface area contributed by atoms with Crippen LogP contribution in [0.15, 0.2) is 18.2 Å². The quantitative estimate of drug-likeness (QED) is 0.675. The largest absolute Gasteiger partial charge is 0.480 e. The molecule has 1 aromatic rings. The molecule has 1 saturated heterocycles. The maximum Gasteiger partial charge on any atom is 0.326 e. The Labute approximate surface area is 119 Å². The molecular weight excluding hydrogens is 283 g/mol. The van der Waals surface area contributed by atoms with Gasteiger partial charge in [-0.2, -0.15) is 0 Å². The summed E-state index contributed by atoms with van der Waals surface area (Å²) in [6.45, 7) is 1.92. The summed E-state index contributed by atoms with van der Waals surface area (Å²) in [6, 6.07) is 1.68. The Morgan fingerprint density at radius 1 is 1.48 bits per heavy atom. The summed E-state index contributed by atoms with van der Waals surface area (Å²) in [4.78, 5) is 34.3. The summed E-state index contributed by atoms with van der Waals surface area (Å²) in [5.74, 6) is -3.17. The van der Waals surface area contributed by atoms with E-state index in [0.29, 0.717) is 12.5 Å². The highest BCUT2D eigenvalue weighted by molar-refractivity contribution is 5.97. The van der Waals surface area contributed by atoms with Crippen LogP contribution < -0.4 is 0 Å². The zero-order chi connectivity index (χ0) is 15.7. The lowest BCUT2D eigenvalue weighted by Gasteiger charge is -2.23. The van der Waals surface area contributed by atoms with Crippen LogP contribution >= 0.6 is 0 Å². The Morgan fingerprint density at radius 2 is 2.14 bits per heavy atom. The average Bonchev–Trinajstić information content (AvgIpc) is 2.79. The van der Waals surface area contributed by atoms with Crippen LogP contribution in [0, 0.1) is 21.8 Å². The van der Waals surface area contributed by atoms with E-state index in [1.165, 1.54) is 0 Å². The van der Waals surface area contributed by atoms with Crippen molar-refractivity contribution in [2.45, 2.75) is 19.4 Å². The second kappa shape index (κ2) is 5.47. The van der Waals surface area contributed by atoms with Crippen molar-refractivity contribution in [3.63, 3.8) is 0 Å². The van der Waals surface area contributed by atoms with Crippen molar-refractivity contribution in [1.29, 1.82) is 0 Å². The number of benzene rings is 1. The Morgan fingerprint density at radius 3 is 2.67 bits per heavy atom. The van der Waals surface area contributed by atoms with Gasteiger partial charge in [0.2, 0.25) is 0 Å². The minimum Gasteiger partial charge on any atom is -0.480 e. The molecule has 7 nitrogen and oxygen atoms in total. The molecule has 1 aliphatic rings. The first-order valence-electron chi connectivity index (χ1n) is 6.30. The molecule has 2 unspecified atom stereocenters. The van der Waals surface area contributed by atoms with E-state index in [-0.39, 0.29) is 18.0 Å². The number of hydrogen-bond acceptors (Lipinski definition) is 4. The summed E-state index contributed by atoms with van der Waals surface area (Å²) in [5.41, 5.74) is -0.824. The molecule has 1 amide bonds. The number of carboxylic acids is 1. The van der Waals surface area contributed by atoms with Gasteiger partial charge in [-0.25, -0.2) is 9.18 Å². The van der Waals surface area contributed by atoms with Crippen molar-refractivity contribution in [1.82, 2.24) is 4.90 Å². The Kier molecular flexibility index (Phi) is 3.88. The molecule has 8 heteroatoms. The summed E-state index contributed by atoms with van der Waals surface area (Å²) in [5, 5.41) is 19.7. The summed E-state index contributed by atoms with van der Waals surface area (Å²) in [6.07, 6.45) is 0.511. The normalized spacial score (nSPS) is 21.3. The molecule has 2 atom stereocenters. The summed E-state index contributed by atoms with van der Waals surface area (Å²) in [7, 11) is 0. The van der Waals surface area contributed by atoms with Crippen LogP contribution in [0.4, 0.5) is 10.1 Å². The van der Waals surface area contributed by atoms with Gasteiger partial charge in [-0.05, 0) is 18.4 Å². The van der Waals surface area contributed by atoms with Crippen molar-refractivity contribution in [2.24, 2.45) is 5.92 Å². The minimum absolute atomic E-state index is 0.216. The number of nitro benzene ring substituents is 1. The van der Waals surface area contributed by atoms with E-state index in [4.69, 9.17) is 5.11 Å². The van der Waals surface area contributed by atoms with Gasteiger partial charge in [-0.3, -0.25) is 14.9 Å². The Hall–Kier alpha value is -2.51. The van der Waals surface area contributed by atoms with Gasteiger partial charge in [0.15, 0.2) is 0 Å². The lowest BCUT2D eigenvalue weighted by molar-refractivity contribution is -0.385. The van der Waals surface area contributed by atoms with E-state index in [9.17, 15) is 24.1 Å². The highest BCUT2D eigenvalue weighted by Gasteiger charge is 2.40. The fourth-order valence-electron chi connectivity index (χ4n) is 2.50. The highest BCUT2D eigenvalue weighted by Crippen LogP contribution is 2.27. The van der Waals surface area contributed by atoms with Crippen molar-refractivity contribution < 1.29 is 24.0 Å². The van der Waals surface area contributed by atoms with Crippen LogP contribution in [0.5, 0.6) is 0 Å². The van der Waals surface area contributed by atoms with Crippen LogP contribution in [0.25, 0.3) is 0 Å². The number of aliphatic carboxylic acids is 1. The van der Waals surface area contributed by atoms with Gasteiger partial charge >= 0.3 is 5.97 Å². The second-order valence-corrected chi connectivity index (χ2v) is 4.97. The van der Waals surface area contributed by atoms with Crippen LogP contribution in [-0.2, 0) is 4.79 Å². The van der Waals surface area contributed by atoms with Crippen molar-refractivity contribution >= 4 is 17.6 Å². The third kappa shape index (κ3) is 2.69. The van der Waals surface area contributed by atoms with Crippen molar-refractivity contribution in [3.05, 3.63) is 39.7 Å². The monoisotopic (exact) mass is 296 g/mol. The molecule has 0 saturated carbocycles. The maximum absolute atomic E-state index is 13.8. The van der Waals surface area contributed by atoms with E-state index in [2.05, 4.69) is 0 Å². The maximum atomic E-state index is 13.8. The van der Waals surface area contributed by atoms with E-state index in [0.717, 1.165) is 17.0 Å². The fourth-order valence-corrected chi connectivity index (χ4v) is 2.50. The Bertz CT molecular complexity index is 619. The predicted molar refractivity (Wildman–Crippen MR) is 69.3 cm³/mol. The third-order valence-electron chi connectivity index (χ3n) is 3.61. The van der Waals surface area contributed by atoms with E-state index >= 15 is 0 Å². The molecule has 0 aromatic heterocycles. The number of likely N-dealkylation sites (tertiary alicyclic amines) is 1. The SMILES string of the molecule is CC1CCN(C(=O)c2ccc([N+](=O)[O-])cc2F)C1C(=O)O. The highest BCUT2D eigenvalue weighted by atomic mass is 19.1.